The van der Waals surface area contributed by atoms with Gasteiger partial charge < -0.3 is 14.6 Å². The highest BCUT2D eigenvalue weighted by molar-refractivity contribution is 8.00. The number of aromatic nitrogens is 3. The van der Waals surface area contributed by atoms with E-state index in [0.717, 1.165) is 34.0 Å². The summed E-state index contributed by atoms with van der Waals surface area (Å²) in [7, 11) is 3.53. The molecule has 0 radical (unpaired) electrons. The molecule has 6 nitrogen and oxygen atoms in total. The van der Waals surface area contributed by atoms with Crippen LogP contribution in [0.15, 0.2) is 47.6 Å². The fourth-order valence-electron chi connectivity index (χ4n) is 2.75. The number of carbonyl (C=O) groups is 1. The molecule has 0 spiro atoms. The van der Waals surface area contributed by atoms with Gasteiger partial charge in [0.15, 0.2) is 11.0 Å². The van der Waals surface area contributed by atoms with Crippen LogP contribution in [0.25, 0.3) is 11.4 Å². The predicted molar refractivity (Wildman–Crippen MR) is 113 cm³/mol. The van der Waals surface area contributed by atoms with Crippen LogP contribution in [0.4, 0.5) is 5.69 Å². The molecule has 0 aliphatic carbocycles. The van der Waals surface area contributed by atoms with Gasteiger partial charge in [0.1, 0.15) is 5.75 Å². The smallest absolute Gasteiger partial charge is 0.237 e. The van der Waals surface area contributed by atoms with Crippen molar-refractivity contribution in [3.63, 3.8) is 0 Å². The summed E-state index contributed by atoms with van der Waals surface area (Å²) in [5.41, 5.74) is 3.90. The third-order valence-electron chi connectivity index (χ3n) is 4.47. The van der Waals surface area contributed by atoms with Gasteiger partial charge in [0, 0.05) is 18.3 Å². The van der Waals surface area contributed by atoms with Gasteiger partial charge in [-0.1, -0.05) is 36.0 Å². The summed E-state index contributed by atoms with van der Waals surface area (Å²) in [5, 5.41) is 11.9. The molecule has 1 heterocycles. The first-order chi connectivity index (χ1) is 13.4. The molecule has 1 atom stereocenters. The highest BCUT2D eigenvalue weighted by Gasteiger charge is 2.20. The van der Waals surface area contributed by atoms with Crippen LogP contribution in [0.2, 0.25) is 0 Å². The van der Waals surface area contributed by atoms with Gasteiger partial charge in [0.05, 0.1) is 12.4 Å². The van der Waals surface area contributed by atoms with Crippen molar-refractivity contribution in [2.45, 2.75) is 31.2 Å². The number of aryl methyl sites for hydroxylation is 2. The van der Waals surface area contributed by atoms with E-state index in [1.165, 1.54) is 11.8 Å². The van der Waals surface area contributed by atoms with Gasteiger partial charge in [-0.05, 0) is 50.1 Å². The second-order valence-electron chi connectivity index (χ2n) is 6.66. The number of methoxy groups -OCH3 is 1. The Bertz CT molecular complexity index is 1000. The Kier molecular flexibility index (Phi) is 6.04. The van der Waals surface area contributed by atoms with E-state index in [1.54, 1.807) is 7.11 Å². The van der Waals surface area contributed by atoms with Gasteiger partial charge in [-0.15, -0.1) is 10.2 Å². The molecule has 0 bridgehead atoms. The molecule has 0 aliphatic rings. The van der Waals surface area contributed by atoms with Crippen LogP contribution in [-0.2, 0) is 11.8 Å². The number of amides is 1. The first-order valence-electron chi connectivity index (χ1n) is 8.97. The second kappa shape index (κ2) is 8.48. The fourth-order valence-corrected chi connectivity index (χ4v) is 3.56. The third-order valence-corrected chi connectivity index (χ3v) is 5.60. The number of rotatable bonds is 6. The highest BCUT2D eigenvalue weighted by Crippen LogP contribution is 2.28. The summed E-state index contributed by atoms with van der Waals surface area (Å²) in [6.45, 7) is 5.86. The molecule has 2 aromatic carbocycles. The van der Waals surface area contributed by atoms with E-state index in [0.29, 0.717) is 5.16 Å². The molecule has 28 heavy (non-hydrogen) atoms. The third kappa shape index (κ3) is 4.36. The van der Waals surface area contributed by atoms with Crippen molar-refractivity contribution in [2.75, 3.05) is 12.4 Å². The molecule has 146 valence electrons. The number of nitrogens with zero attached hydrogens (tertiary/aromatic N) is 3. The number of carbonyl (C=O) groups excluding carboxylic acids is 1. The van der Waals surface area contributed by atoms with Crippen molar-refractivity contribution < 1.29 is 9.53 Å². The molecule has 3 aromatic rings. The molecule has 0 saturated heterocycles. The monoisotopic (exact) mass is 396 g/mol. The van der Waals surface area contributed by atoms with E-state index in [2.05, 4.69) is 15.5 Å². The van der Waals surface area contributed by atoms with Gasteiger partial charge in [0.25, 0.3) is 0 Å². The molecule has 0 aliphatic heterocycles. The van der Waals surface area contributed by atoms with Gasteiger partial charge in [0.2, 0.25) is 5.91 Å². The number of ether oxygens (including phenoxy) is 1. The number of hydrogen-bond acceptors (Lipinski definition) is 5. The fraction of sp³-hybridized carbons (Fsp3) is 0.286. The molecule has 1 unspecified atom stereocenters. The van der Waals surface area contributed by atoms with E-state index in [-0.39, 0.29) is 11.2 Å². The Morgan fingerprint density at radius 3 is 2.71 bits per heavy atom. The normalized spacial score (nSPS) is 11.9. The molecular weight excluding hydrogens is 372 g/mol. The van der Waals surface area contributed by atoms with E-state index >= 15 is 0 Å². The average Bonchev–Trinajstić information content (AvgIpc) is 3.05. The lowest BCUT2D eigenvalue weighted by Crippen LogP contribution is -2.23. The lowest BCUT2D eigenvalue weighted by molar-refractivity contribution is -0.115. The summed E-state index contributed by atoms with van der Waals surface area (Å²) in [6, 6.07) is 13.7. The van der Waals surface area contributed by atoms with E-state index in [4.69, 9.17) is 4.74 Å². The van der Waals surface area contributed by atoms with Gasteiger partial charge in [-0.2, -0.15) is 0 Å². The Morgan fingerprint density at radius 2 is 1.96 bits per heavy atom. The second-order valence-corrected chi connectivity index (χ2v) is 7.97. The summed E-state index contributed by atoms with van der Waals surface area (Å²) in [5.74, 6) is 1.42. The van der Waals surface area contributed by atoms with Crippen LogP contribution in [0.1, 0.15) is 18.1 Å². The maximum Gasteiger partial charge on any atom is 0.237 e. The summed E-state index contributed by atoms with van der Waals surface area (Å²) in [6.07, 6.45) is 0. The predicted octanol–water partition coefficient (Wildman–Crippen LogP) is 4.23. The maximum atomic E-state index is 12.6. The van der Waals surface area contributed by atoms with E-state index in [9.17, 15) is 4.79 Å². The highest BCUT2D eigenvalue weighted by atomic mass is 32.2. The maximum absolute atomic E-state index is 12.6. The lowest BCUT2D eigenvalue weighted by atomic mass is 10.1. The molecule has 0 saturated carbocycles. The van der Waals surface area contributed by atoms with Crippen LogP contribution < -0.4 is 10.1 Å². The van der Waals surface area contributed by atoms with Gasteiger partial charge in [-0.25, -0.2) is 0 Å². The number of anilines is 1. The van der Waals surface area contributed by atoms with Crippen LogP contribution in [0.5, 0.6) is 5.75 Å². The van der Waals surface area contributed by atoms with Crippen LogP contribution in [0, 0.1) is 13.8 Å². The summed E-state index contributed by atoms with van der Waals surface area (Å²) < 4.78 is 7.17. The van der Waals surface area contributed by atoms with E-state index < -0.39 is 0 Å². The van der Waals surface area contributed by atoms with Crippen molar-refractivity contribution in [3.8, 4) is 17.1 Å². The zero-order valence-corrected chi connectivity index (χ0v) is 17.5. The zero-order chi connectivity index (χ0) is 20.3. The van der Waals surface area contributed by atoms with Crippen molar-refractivity contribution >= 4 is 23.4 Å². The molecule has 1 N–H and O–H groups in total. The molecular formula is C21H24N4O2S. The standard InChI is InChI=1S/C21H24N4O2S/c1-13-9-10-14(2)18(11-13)22-20(26)15(3)28-21-24-23-19(25(21)4)16-7-6-8-17(12-16)27-5/h6-12,15H,1-5H3,(H,22,26). The topological polar surface area (TPSA) is 69.0 Å². The zero-order valence-electron chi connectivity index (χ0n) is 16.7. The first kappa shape index (κ1) is 19.9. The number of benzene rings is 2. The Hall–Kier alpha value is -2.80. The minimum atomic E-state index is -0.319. The minimum absolute atomic E-state index is 0.0652. The lowest BCUT2D eigenvalue weighted by Gasteiger charge is -2.14. The van der Waals surface area contributed by atoms with Crippen LogP contribution in [0.3, 0.4) is 0 Å². The SMILES string of the molecule is COc1cccc(-c2nnc(SC(C)C(=O)Nc3cc(C)ccc3C)n2C)c1. The quantitative estimate of drug-likeness (QED) is 0.632. The molecule has 3 rings (SSSR count). The average molecular weight is 397 g/mol. The van der Waals surface area contributed by atoms with E-state index in [1.807, 2.05) is 74.9 Å². The minimum Gasteiger partial charge on any atom is -0.497 e. The first-order valence-corrected chi connectivity index (χ1v) is 9.85. The van der Waals surface area contributed by atoms with Crippen LogP contribution in [-0.4, -0.2) is 33.0 Å². The number of nitrogens with one attached hydrogen (secondary N) is 1. The van der Waals surface area contributed by atoms with Crippen molar-refractivity contribution in [1.29, 1.82) is 0 Å². The molecule has 0 fully saturated rings. The van der Waals surface area contributed by atoms with Gasteiger partial charge in [-0.3, -0.25) is 4.79 Å². The summed E-state index contributed by atoms with van der Waals surface area (Å²) >= 11 is 1.38. The van der Waals surface area contributed by atoms with Gasteiger partial charge >= 0.3 is 0 Å². The Labute approximate surface area is 169 Å². The van der Waals surface area contributed by atoms with Crippen LogP contribution >= 0.6 is 11.8 Å². The number of hydrogen-bond donors (Lipinski definition) is 1. The Balaban J connectivity index is 1.73. The van der Waals surface area contributed by atoms with Crippen molar-refractivity contribution in [3.05, 3.63) is 53.6 Å². The Morgan fingerprint density at radius 1 is 1.18 bits per heavy atom. The van der Waals surface area contributed by atoms with Crippen molar-refractivity contribution in [1.82, 2.24) is 14.8 Å². The van der Waals surface area contributed by atoms with Crippen molar-refractivity contribution in [2.24, 2.45) is 7.05 Å². The molecule has 1 amide bonds. The molecule has 7 heteroatoms. The molecule has 1 aromatic heterocycles. The summed E-state index contributed by atoms with van der Waals surface area (Å²) in [4.78, 5) is 12.6. The largest absolute Gasteiger partial charge is 0.497 e. The number of thioether (sulfide) groups is 1.